The highest BCUT2D eigenvalue weighted by Crippen LogP contribution is 2.39. The van der Waals surface area contributed by atoms with Crippen LogP contribution in [-0.2, 0) is 98.7 Å². The fraction of sp³-hybridized carbons (Fsp3) is 0.897. The zero-order valence-corrected chi connectivity index (χ0v) is 60.8. The van der Waals surface area contributed by atoms with E-state index in [0.717, 1.165) is 0 Å². The molecule has 2 rings (SSSR count). The Kier molecular flexibility index (Phi) is 47.9. The van der Waals surface area contributed by atoms with E-state index in [9.17, 15) is 88.4 Å². The van der Waals surface area contributed by atoms with E-state index in [1.165, 1.54) is 14.0 Å². The first kappa shape index (κ1) is 95.5. The average molecular weight is 1560 g/mol. The molecule has 0 aromatic carbocycles. The van der Waals surface area contributed by atoms with Crippen molar-refractivity contribution in [3.05, 3.63) is 0 Å². The Bertz CT molecular complexity index is 2450. The van der Waals surface area contributed by atoms with E-state index in [-0.39, 0.29) is 173 Å². The van der Waals surface area contributed by atoms with E-state index in [1.54, 1.807) is 6.92 Å². The van der Waals surface area contributed by atoms with Gasteiger partial charge in [0.05, 0.1) is 65.6 Å². The summed E-state index contributed by atoms with van der Waals surface area (Å²) in [5.74, 6) is -2.81. The number of aliphatic hydroxyl groups excluding tert-OH is 9. The third kappa shape index (κ3) is 43.9. The Balaban J connectivity index is 1.74. The van der Waals surface area contributed by atoms with Crippen molar-refractivity contribution in [3.63, 3.8) is 0 Å². The molecule has 2 saturated heterocycles. The first-order valence-electron chi connectivity index (χ1n) is 33.7. The molecule has 42 nitrogen and oxygen atoms in total. The number of aliphatic hydroxyl groups is 9. The highest BCUT2D eigenvalue weighted by Gasteiger charge is 2.47. The van der Waals surface area contributed by atoms with Gasteiger partial charge in [-0.15, -0.1) is 0 Å². The Labute approximate surface area is 596 Å². The second-order valence-corrected chi connectivity index (χ2v) is 28.5. The van der Waals surface area contributed by atoms with Crippen LogP contribution in [0, 0.1) is 11.3 Å². The molecule has 2 aliphatic rings. The molecule has 0 spiro atoms. The number of hydrogen-bond acceptors (Lipinski definition) is 30. The summed E-state index contributed by atoms with van der Waals surface area (Å²) in [5, 5.41) is 108. The first-order chi connectivity index (χ1) is 48.5. The van der Waals surface area contributed by atoms with Crippen molar-refractivity contribution in [1.29, 1.82) is 0 Å². The number of amides is 6. The van der Waals surface area contributed by atoms with Gasteiger partial charge >= 0.3 is 23.5 Å². The number of phosphoric acid groups is 3. The Hall–Kier alpha value is -3.57. The van der Waals surface area contributed by atoms with E-state index in [0.29, 0.717) is 57.8 Å². The zero-order chi connectivity index (χ0) is 77.2. The van der Waals surface area contributed by atoms with Crippen molar-refractivity contribution in [2.45, 2.75) is 196 Å². The smallest absolute Gasteiger partial charge is 0.390 e. The van der Waals surface area contributed by atoms with Crippen LogP contribution in [0.5, 0.6) is 0 Å². The normalized spacial score (nSPS) is 23.1. The molecule has 0 aromatic rings. The monoisotopic (exact) mass is 1560 g/mol. The molecule has 0 aromatic heterocycles. The second kappa shape index (κ2) is 51.7. The minimum Gasteiger partial charge on any atom is -0.390 e. The standard InChI is InChI=1S/C58H111N6O36P3/c1-37(31-96-101(80,81)82)46(71)49(74)52(77)55(89-3)93-25-7-4-13-40(65)59-19-10-22-62-43(68)16-28-90-34-58(2,35-91-29-17-44(69)63-23-11-20-60-41(66)14-5-8-26-94-56-53(78)50(75)47(72)38(99-56)32-97-102(83,84)85)36-92-30-18-45(70)64-24-12-21-61-42(67)15-6-9-27-95-57-54(79)51(76)48(73)39(100-57)33-98-103(86,87)88/h37-39,46-57,71-79H,4-36H2,1-3H3,(H,59,65)(H,60,66)(H,61,67)(H,62,68)(H,63,69)(H,64,70)(H2,80,81,82)(H2,83,84,85)(H2,86,87,88). The molecule has 103 heavy (non-hydrogen) atoms. The maximum Gasteiger partial charge on any atom is 0.469 e. The minimum atomic E-state index is -4.92. The van der Waals surface area contributed by atoms with Gasteiger partial charge in [-0.05, 0) is 57.8 Å². The van der Waals surface area contributed by atoms with Gasteiger partial charge in [-0.3, -0.25) is 42.3 Å². The van der Waals surface area contributed by atoms with Crippen molar-refractivity contribution in [2.24, 2.45) is 11.3 Å². The first-order valence-corrected chi connectivity index (χ1v) is 38.3. The lowest BCUT2D eigenvalue weighted by Crippen LogP contribution is -2.59. The van der Waals surface area contributed by atoms with Crippen molar-refractivity contribution < 1.29 is 174 Å². The second-order valence-electron chi connectivity index (χ2n) is 24.8. The van der Waals surface area contributed by atoms with Crippen LogP contribution in [0.25, 0.3) is 0 Å². The summed E-state index contributed by atoms with van der Waals surface area (Å²) in [6.07, 6.45) is -19.1. The van der Waals surface area contributed by atoms with Gasteiger partial charge in [-0.2, -0.15) is 0 Å². The number of rotatable bonds is 59. The van der Waals surface area contributed by atoms with Gasteiger partial charge in [0, 0.05) is 116 Å². The molecule has 2 fully saturated rings. The van der Waals surface area contributed by atoms with Crippen LogP contribution < -0.4 is 31.9 Å². The summed E-state index contributed by atoms with van der Waals surface area (Å²) < 4.78 is 95.8. The van der Waals surface area contributed by atoms with Gasteiger partial charge in [-0.25, -0.2) is 13.7 Å². The van der Waals surface area contributed by atoms with Gasteiger partial charge in [0.2, 0.25) is 35.4 Å². The summed E-state index contributed by atoms with van der Waals surface area (Å²) in [7, 11) is -13.5. The van der Waals surface area contributed by atoms with Gasteiger partial charge < -0.3 is 150 Å². The lowest BCUT2D eigenvalue weighted by molar-refractivity contribution is -0.300. The Morgan fingerprint density at radius 3 is 1.06 bits per heavy atom. The number of ether oxygens (including phenoxy) is 9. The SMILES string of the molecule is COC(OCCCCC(=O)NCCCNC(=O)CCOCC(C)(COCCC(=O)NCCCNC(=O)CCCCOC1OC(COP(=O)(O)O)C(O)C(O)C1O)COCCC(=O)NCCCNC(=O)CCCCOC1OC(COP(=O)(O)O)C(O)C(O)C1O)C(O)C(O)C(O)C(C)COP(=O)(O)O. The molecule has 0 saturated carbocycles. The van der Waals surface area contributed by atoms with Crippen molar-refractivity contribution >= 4 is 58.9 Å². The predicted molar refractivity (Wildman–Crippen MR) is 351 cm³/mol. The van der Waals surface area contributed by atoms with Crippen LogP contribution in [0.3, 0.4) is 0 Å². The summed E-state index contributed by atoms with van der Waals surface area (Å²) in [4.78, 5) is 129. The van der Waals surface area contributed by atoms with Crippen LogP contribution in [0.2, 0.25) is 0 Å². The lowest BCUT2D eigenvalue weighted by atomic mass is 9.94. The molecule has 21 N–H and O–H groups in total. The van der Waals surface area contributed by atoms with Crippen molar-refractivity contribution in [3.8, 4) is 0 Å². The van der Waals surface area contributed by atoms with Gasteiger partial charge in [-0.1, -0.05) is 13.8 Å². The molecule has 604 valence electrons. The van der Waals surface area contributed by atoms with E-state index >= 15 is 0 Å². The number of carbonyl (C=O) groups excluding carboxylic acids is 6. The quantitative estimate of drug-likeness (QED) is 0.0153. The molecule has 2 heterocycles. The third-order valence-corrected chi connectivity index (χ3v) is 16.9. The molecule has 0 aliphatic carbocycles. The van der Waals surface area contributed by atoms with Crippen molar-refractivity contribution in [1.82, 2.24) is 31.9 Å². The van der Waals surface area contributed by atoms with E-state index in [1.807, 2.05) is 0 Å². The van der Waals surface area contributed by atoms with Crippen LogP contribution in [0.15, 0.2) is 0 Å². The fourth-order valence-electron chi connectivity index (χ4n) is 9.54. The predicted octanol–water partition coefficient (Wildman–Crippen LogP) is -5.72. The number of hydrogen-bond donors (Lipinski definition) is 21. The molecular weight excluding hydrogens is 1450 g/mol. The summed E-state index contributed by atoms with van der Waals surface area (Å²) in [6, 6.07) is 0. The molecule has 15 unspecified atom stereocenters. The van der Waals surface area contributed by atoms with Crippen LogP contribution in [-0.4, -0.2) is 322 Å². The maximum absolute atomic E-state index is 12.7. The molecular formula is C58H111N6O36P3. The van der Waals surface area contributed by atoms with Crippen LogP contribution in [0.4, 0.5) is 0 Å². The fourth-order valence-corrected chi connectivity index (χ4v) is 10.7. The van der Waals surface area contributed by atoms with E-state index in [2.05, 4.69) is 45.5 Å². The number of nitrogens with one attached hydrogen (secondary N) is 6. The molecule has 0 radical (unpaired) electrons. The van der Waals surface area contributed by atoms with Gasteiger partial charge in [0.1, 0.15) is 61.0 Å². The summed E-state index contributed by atoms with van der Waals surface area (Å²) in [5.41, 5.74) is -0.834. The number of carbonyl (C=O) groups is 6. The molecule has 15 atom stereocenters. The van der Waals surface area contributed by atoms with E-state index in [4.69, 9.17) is 72.0 Å². The lowest BCUT2D eigenvalue weighted by Gasteiger charge is -2.40. The minimum absolute atomic E-state index is 0.000187. The van der Waals surface area contributed by atoms with Crippen molar-refractivity contribution in [2.75, 3.05) is 126 Å². The van der Waals surface area contributed by atoms with Gasteiger partial charge in [0.25, 0.3) is 0 Å². The van der Waals surface area contributed by atoms with Crippen LogP contribution in [0.1, 0.15) is 110 Å². The summed E-state index contributed by atoms with van der Waals surface area (Å²) in [6.45, 7) is 2.44. The van der Waals surface area contributed by atoms with Gasteiger partial charge in [0.15, 0.2) is 18.9 Å². The van der Waals surface area contributed by atoms with E-state index < -0.39 is 141 Å². The Morgan fingerprint density at radius 1 is 0.417 bits per heavy atom. The summed E-state index contributed by atoms with van der Waals surface area (Å²) >= 11 is 0. The topological polar surface area (TPSA) is 640 Å². The highest BCUT2D eigenvalue weighted by atomic mass is 31.2. The number of methoxy groups -OCH3 is 1. The average Bonchev–Trinajstić information content (AvgIpc) is 0.814. The molecule has 0 bridgehead atoms. The Morgan fingerprint density at radius 2 is 0.738 bits per heavy atom. The van der Waals surface area contributed by atoms with Crippen LogP contribution >= 0.6 is 23.5 Å². The molecule has 45 heteroatoms. The number of phosphoric ester groups is 3. The third-order valence-electron chi connectivity index (χ3n) is 15.5. The highest BCUT2D eigenvalue weighted by molar-refractivity contribution is 7.46. The molecule has 6 amide bonds. The zero-order valence-electron chi connectivity index (χ0n) is 58.1. The number of unbranched alkanes of at least 4 members (excludes halogenated alkanes) is 3. The molecule has 2 aliphatic heterocycles. The largest absolute Gasteiger partial charge is 0.469 e. The maximum atomic E-state index is 12.7.